The summed E-state index contributed by atoms with van der Waals surface area (Å²) in [6, 6.07) is 0. The first kappa shape index (κ1) is 15.8. The molecule has 2 saturated heterocycles. The summed E-state index contributed by atoms with van der Waals surface area (Å²) in [7, 11) is 0. The smallest absolute Gasteiger partial charge is 0.274 e. The number of morpholine rings is 1. The lowest BCUT2D eigenvalue weighted by molar-refractivity contribution is -0.134. The quantitative estimate of drug-likeness (QED) is 0.718. The standard InChI is InChI=1S/C15H21N5O3/c21-14(12-18-7-9-23-10-8-18)19-3-5-20(6-4-19)15(22)13-11-16-1-2-17-13/h1-2,11H,3-10,12H2. The molecule has 2 fully saturated rings. The molecule has 8 heteroatoms. The maximum atomic E-state index is 12.3. The van der Waals surface area contributed by atoms with Crippen LogP contribution in [0.25, 0.3) is 0 Å². The number of carbonyl (C=O) groups is 2. The third kappa shape index (κ3) is 4.02. The Kier molecular flexibility index (Phi) is 5.14. The molecular weight excluding hydrogens is 298 g/mol. The van der Waals surface area contributed by atoms with Crippen LogP contribution >= 0.6 is 0 Å². The average Bonchev–Trinajstić information content (AvgIpc) is 2.63. The van der Waals surface area contributed by atoms with Crippen LogP contribution in [0, 0.1) is 0 Å². The van der Waals surface area contributed by atoms with Crippen molar-refractivity contribution in [3.05, 3.63) is 24.3 Å². The van der Waals surface area contributed by atoms with Crippen molar-refractivity contribution in [3.63, 3.8) is 0 Å². The molecule has 1 aromatic heterocycles. The molecule has 0 radical (unpaired) electrons. The van der Waals surface area contributed by atoms with Gasteiger partial charge in [-0.25, -0.2) is 4.98 Å². The Hall–Kier alpha value is -2.06. The Morgan fingerprint density at radius 2 is 1.70 bits per heavy atom. The molecule has 2 amide bonds. The van der Waals surface area contributed by atoms with Crippen molar-refractivity contribution < 1.29 is 14.3 Å². The summed E-state index contributed by atoms with van der Waals surface area (Å²) in [5.74, 6) is -0.00289. The normalized spacial score (nSPS) is 19.7. The Morgan fingerprint density at radius 3 is 2.35 bits per heavy atom. The third-order valence-electron chi connectivity index (χ3n) is 4.16. The van der Waals surface area contributed by atoms with Crippen molar-refractivity contribution in [2.24, 2.45) is 0 Å². The Balaban J connectivity index is 1.48. The molecule has 23 heavy (non-hydrogen) atoms. The Labute approximate surface area is 135 Å². The van der Waals surface area contributed by atoms with Gasteiger partial charge in [0.25, 0.3) is 5.91 Å². The second kappa shape index (κ2) is 7.47. The van der Waals surface area contributed by atoms with E-state index in [0.717, 1.165) is 13.1 Å². The molecule has 3 heterocycles. The molecule has 2 aliphatic heterocycles. The maximum absolute atomic E-state index is 12.3. The van der Waals surface area contributed by atoms with Gasteiger partial charge in [0.1, 0.15) is 5.69 Å². The zero-order valence-corrected chi connectivity index (χ0v) is 13.1. The molecule has 0 atom stereocenters. The van der Waals surface area contributed by atoms with Crippen LogP contribution in [-0.2, 0) is 9.53 Å². The second-order valence-electron chi connectivity index (χ2n) is 5.65. The van der Waals surface area contributed by atoms with Gasteiger partial charge in [0.2, 0.25) is 5.91 Å². The van der Waals surface area contributed by atoms with E-state index in [1.807, 2.05) is 4.90 Å². The fourth-order valence-electron chi connectivity index (χ4n) is 2.78. The van der Waals surface area contributed by atoms with Crippen LogP contribution in [0.2, 0.25) is 0 Å². The molecule has 0 N–H and O–H groups in total. The van der Waals surface area contributed by atoms with E-state index in [1.165, 1.54) is 12.4 Å². The highest BCUT2D eigenvalue weighted by Gasteiger charge is 2.26. The van der Waals surface area contributed by atoms with E-state index >= 15 is 0 Å². The van der Waals surface area contributed by atoms with E-state index in [0.29, 0.717) is 51.6 Å². The number of aromatic nitrogens is 2. The van der Waals surface area contributed by atoms with Crippen LogP contribution in [0.4, 0.5) is 0 Å². The molecule has 1 aromatic rings. The summed E-state index contributed by atoms with van der Waals surface area (Å²) in [6.07, 6.45) is 4.52. The molecule has 0 unspecified atom stereocenters. The van der Waals surface area contributed by atoms with Gasteiger partial charge < -0.3 is 14.5 Å². The molecule has 124 valence electrons. The predicted octanol–water partition coefficient (Wildman–Crippen LogP) is -0.907. The summed E-state index contributed by atoms with van der Waals surface area (Å²) < 4.78 is 5.29. The minimum atomic E-state index is -0.127. The van der Waals surface area contributed by atoms with E-state index in [4.69, 9.17) is 4.74 Å². The summed E-state index contributed by atoms with van der Waals surface area (Å²) in [6.45, 7) is 5.61. The van der Waals surface area contributed by atoms with Crippen LogP contribution < -0.4 is 0 Å². The topological polar surface area (TPSA) is 78.9 Å². The van der Waals surface area contributed by atoms with Crippen molar-refractivity contribution in [3.8, 4) is 0 Å². The predicted molar refractivity (Wildman–Crippen MR) is 81.8 cm³/mol. The van der Waals surface area contributed by atoms with E-state index in [2.05, 4.69) is 14.9 Å². The van der Waals surface area contributed by atoms with Crippen molar-refractivity contribution in [2.45, 2.75) is 0 Å². The van der Waals surface area contributed by atoms with E-state index < -0.39 is 0 Å². The number of hydrogen-bond donors (Lipinski definition) is 0. The fourth-order valence-corrected chi connectivity index (χ4v) is 2.78. The molecule has 0 aliphatic carbocycles. The van der Waals surface area contributed by atoms with Gasteiger partial charge in [0.05, 0.1) is 26.0 Å². The largest absolute Gasteiger partial charge is 0.379 e. The van der Waals surface area contributed by atoms with Gasteiger partial charge in [-0.3, -0.25) is 19.5 Å². The molecule has 8 nitrogen and oxygen atoms in total. The summed E-state index contributed by atoms with van der Waals surface area (Å²) in [4.78, 5) is 38.2. The lowest BCUT2D eigenvalue weighted by Gasteiger charge is -2.36. The second-order valence-corrected chi connectivity index (χ2v) is 5.65. The zero-order valence-electron chi connectivity index (χ0n) is 13.1. The summed E-state index contributed by atoms with van der Waals surface area (Å²) in [5, 5.41) is 0. The van der Waals surface area contributed by atoms with Gasteiger partial charge in [0.15, 0.2) is 0 Å². The molecule has 0 aromatic carbocycles. The minimum Gasteiger partial charge on any atom is -0.379 e. The minimum absolute atomic E-state index is 0.124. The number of nitrogens with zero attached hydrogens (tertiary/aromatic N) is 5. The first-order chi connectivity index (χ1) is 11.2. The first-order valence-electron chi connectivity index (χ1n) is 7.87. The van der Waals surface area contributed by atoms with Gasteiger partial charge in [0, 0.05) is 51.7 Å². The SMILES string of the molecule is O=C(CN1CCOCC1)N1CCN(C(=O)c2cnccn2)CC1. The number of carbonyl (C=O) groups excluding carboxylic acids is 2. The van der Waals surface area contributed by atoms with Crippen molar-refractivity contribution in [1.29, 1.82) is 0 Å². The molecule has 2 aliphatic rings. The molecule has 0 saturated carbocycles. The highest BCUT2D eigenvalue weighted by molar-refractivity contribution is 5.92. The lowest BCUT2D eigenvalue weighted by Crippen LogP contribution is -2.53. The third-order valence-corrected chi connectivity index (χ3v) is 4.16. The zero-order chi connectivity index (χ0) is 16.1. The van der Waals surface area contributed by atoms with Crippen LogP contribution in [0.5, 0.6) is 0 Å². The number of piperazine rings is 1. The molecule has 0 bridgehead atoms. The van der Waals surface area contributed by atoms with Crippen LogP contribution in [0.3, 0.4) is 0 Å². The van der Waals surface area contributed by atoms with Crippen LogP contribution in [-0.4, -0.2) is 95.5 Å². The summed E-state index contributed by atoms with van der Waals surface area (Å²) >= 11 is 0. The first-order valence-corrected chi connectivity index (χ1v) is 7.87. The van der Waals surface area contributed by atoms with Crippen LogP contribution in [0.1, 0.15) is 10.5 Å². The summed E-state index contributed by atoms with van der Waals surface area (Å²) in [5.41, 5.74) is 0.348. The van der Waals surface area contributed by atoms with Crippen molar-refractivity contribution >= 4 is 11.8 Å². The number of amides is 2. The highest BCUT2D eigenvalue weighted by Crippen LogP contribution is 2.07. The highest BCUT2D eigenvalue weighted by atomic mass is 16.5. The van der Waals surface area contributed by atoms with Gasteiger partial charge in [-0.1, -0.05) is 0 Å². The lowest BCUT2D eigenvalue weighted by atomic mass is 10.2. The van der Waals surface area contributed by atoms with Crippen molar-refractivity contribution in [2.75, 3.05) is 59.0 Å². The monoisotopic (exact) mass is 319 g/mol. The molecular formula is C15H21N5O3. The van der Waals surface area contributed by atoms with Gasteiger partial charge in [-0.2, -0.15) is 0 Å². The molecule has 3 rings (SSSR count). The maximum Gasteiger partial charge on any atom is 0.274 e. The van der Waals surface area contributed by atoms with Gasteiger partial charge in [-0.15, -0.1) is 0 Å². The molecule has 0 spiro atoms. The Morgan fingerprint density at radius 1 is 1.00 bits per heavy atom. The Bertz CT molecular complexity index is 539. The number of ether oxygens (including phenoxy) is 1. The van der Waals surface area contributed by atoms with E-state index in [9.17, 15) is 9.59 Å². The number of hydrogen-bond acceptors (Lipinski definition) is 6. The average molecular weight is 319 g/mol. The fraction of sp³-hybridized carbons (Fsp3) is 0.600. The van der Waals surface area contributed by atoms with Crippen LogP contribution in [0.15, 0.2) is 18.6 Å². The van der Waals surface area contributed by atoms with E-state index in [-0.39, 0.29) is 11.8 Å². The van der Waals surface area contributed by atoms with E-state index in [1.54, 1.807) is 11.1 Å². The number of rotatable bonds is 3. The van der Waals surface area contributed by atoms with Gasteiger partial charge in [-0.05, 0) is 0 Å². The van der Waals surface area contributed by atoms with Crippen molar-refractivity contribution in [1.82, 2.24) is 24.7 Å². The van der Waals surface area contributed by atoms with Gasteiger partial charge >= 0.3 is 0 Å².